The summed E-state index contributed by atoms with van der Waals surface area (Å²) >= 11 is 1.66. The molecule has 0 bridgehead atoms. The molecule has 0 radical (unpaired) electrons. The Morgan fingerprint density at radius 1 is 1.50 bits per heavy atom. The van der Waals surface area contributed by atoms with E-state index >= 15 is 0 Å². The number of hydrogen-bond acceptors (Lipinski definition) is 4. The number of aliphatic hydroxyl groups is 1. The van der Waals surface area contributed by atoms with E-state index in [1.165, 1.54) is 0 Å². The number of aromatic nitrogens is 1. The first-order valence-corrected chi connectivity index (χ1v) is 7.85. The summed E-state index contributed by atoms with van der Waals surface area (Å²) in [6.07, 6.45) is 1.43. The van der Waals surface area contributed by atoms with Gasteiger partial charge >= 0.3 is 6.03 Å². The number of carbonyl (C=O) groups is 1. The van der Waals surface area contributed by atoms with Crippen molar-refractivity contribution in [3.8, 4) is 0 Å². The van der Waals surface area contributed by atoms with Crippen molar-refractivity contribution >= 4 is 17.4 Å². The Bertz CT molecular complexity index is 422. The summed E-state index contributed by atoms with van der Waals surface area (Å²) in [6.45, 7) is 8.85. The van der Waals surface area contributed by atoms with Crippen LogP contribution in [0.1, 0.15) is 44.8 Å². The Balaban J connectivity index is 2.34. The molecule has 114 valence electrons. The number of amides is 2. The number of nitrogens with zero attached hydrogens (tertiary/aromatic N) is 1. The van der Waals surface area contributed by atoms with E-state index < -0.39 is 0 Å². The van der Waals surface area contributed by atoms with Crippen molar-refractivity contribution < 1.29 is 9.90 Å². The lowest BCUT2D eigenvalue weighted by Gasteiger charge is -2.14. The average Bonchev–Trinajstić information content (AvgIpc) is 2.84. The average molecular weight is 299 g/mol. The molecule has 0 fully saturated rings. The molecule has 0 aliphatic rings. The molecule has 1 rings (SSSR count). The fourth-order valence-corrected chi connectivity index (χ4v) is 2.53. The zero-order chi connectivity index (χ0) is 15.2. The highest BCUT2D eigenvalue weighted by Gasteiger charge is 2.17. The van der Waals surface area contributed by atoms with Crippen LogP contribution in [0.5, 0.6) is 0 Å². The number of hydrogen-bond donors (Lipinski definition) is 3. The van der Waals surface area contributed by atoms with Gasteiger partial charge in [0.05, 0.1) is 23.4 Å². The molecule has 1 unspecified atom stereocenters. The van der Waals surface area contributed by atoms with E-state index in [2.05, 4.69) is 36.4 Å². The van der Waals surface area contributed by atoms with Crippen LogP contribution in [-0.2, 0) is 11.8 Å². The van der Waals surface area contributed by atoms with E-state index in [-0.39, 0.29) is 24.1 Å². The maximum absolute atomic E-state index is 11.6. The normalized spacial score (nSPS) is 13.1. The summed E-state index contributed by atoms with van der Waals surface area (Å²) in [5, 5.41) is 17.7. The quantitative estimate of drug-likeness (QED) is 0.752. The van der Waals surface area contributed by atoms with E-state index in [0.29, 0.717) is 13.0 Å². The summed E-state index contributed by atoms with van der Waals surface area (Å²) in [6, 6.07) is -0.418. The van der Waals surface area contributed by atoms with Crippen LogP contribution < -0.4 is 10.6 Å². The minimum atomic E-state index is -0.239. The van der Waals surface area contributed by atoms with E-state index in [1.54, 1.807) is 11.3 Å². The first-order valence-electron chi connectivity index (χ1n) is 6.97. The fourth-order valence-electron chi connectivity index (χ4n) is 1.58. The molecule has 0 aliphatic carbocycles. The minimum absolute atomic E-state index is 0.0368. The maximum Gasteiger partial charge on any atom is 0.315 e. The summed E-state index contributed by atoms with van der Waals surface area (Å²) in [5.41, 5.74) is 1.08. The molecule has 2 amide bonds. The van der Waals surface area contributed by atoms with Gasteiger partial charge in [-0.25, -0.2) is 9.78 Å². The second kappa shape index (κ2) is 7.59. The molecule has 20 heavy (non-hydrogen) atoms. The Hall–Kier alpha value is -1.14. The monoisotopic (exact) mass is 299 g/mol. The Labute approximate surface area is 124 Å². The number of carbonyl (C=O) groups excluding carboxylic acids is 1. The number of thiazole rings is 1. The van der Waals surface area contributed by atoms with Gasteiger partial charge < -0.3 is 15.7 Å². The Morgan fingerprint density at radius 3 is 2.70 bits per heavy atom. The zero-order valence-electron chi connectivity index (χ0n) is 12.7. The molecular weight excluding hydrogens is 274 g/mol. The second-order valence-corrected chi connectivity index (χ2v) is 6.69. The van der Waals surface area contributed by atoms with Gasteiger partial charge in [-0.15, -0.1) is 11.3 Å². The van der Waals surface area contributed by atoms with Crippen molar-refractivity contribution in [3.63, 3.8) is 0 Å². The van der Waals surface area contributed by atoms with Crippen LogP contribution in [0.2, 0.25) is 0 Å². The predicted molar refractivity (Wildman–Crippen MR) is 82.2 cm³/mol. The highest BCUT2D eigenvalue weighted by Crippen LogP contribution is 2.25. The van der Waals surface area contributed by atoms with E-state index in [0.717, 1.165) is 17.1 Å². The summed E-state index contributed by atoms with van der Waals surface area (Å²) < 4.78 is 0. The standard InChI is InChI=1S/C14H25N3O2S/c1-5-10(8-18)17-13(19)15-7-6-11-9-20-12(16-11)14(2,3)4/h9-10,18H,5-8H2,1-4H3,(H2,15,17,19). The molecule has 0 aromatic carbocycles. The van der Waals surface area contributed by atoms with Gasteiger partial charge in [-0.05, 0) is 6.42 Å². The van der Waals surface area contributed by atoms with Gasteiger partial charge in [-0.2, -0.15) is 0 Å². The van der Waals surface area contributed by atoms with Crippen LogP contribution >= 0.6 is 11.3 Å². The SMILES string of the molecule is CCC(CO)NC(=O)NCCc1csc(C(C)(C)C)n1. The van der Waals surface area contributed by atoms with Crippen molar-refractivity contribution in [3.05, 3.63) is 16.1 Å². The largest absolute Gasteiger partial charge is 0.394 e. The van der Waals surface area contributed by atoms with Crippen LogP contribution in [-0.4, -0.2) is 35.3 Å². The summed E-state index contributed by atoms with van der Waals surface area (Å²) in [4.78, 5) is 16.2. The van der Waals surface area contributed by atoms with Crippen molar-refractivity contribution in [2.45, 2.75) is 52.0 Å². The molecule has 0 aliphatic heterocycles. The van der Waals surface area contributed by atoms with Crippen LogP contribution in [0, 0.1) is 0 Å². The van der Waals surface area contributed by atoms with Crippen molar-refractivity contribution in [1.29, 1.82) is 0 Å². The Kier molecular flexibility index (Phi) is 6.42. The molecule has 1 aromatic heterocycles. The lowest BCUT2D eigenvalue weighted by molar-refractivity contribution is 0.214. The third kappa shape index (κ3) is 5.46. The summed E-state index contributed by atoms with van der Waals surface area (Å²) in [5.74, 6) is 0. The molecule has 6 heteroatoms. The van der Waals surface area contributed by atoms with Gasteiger partial charge in [0.15, 0.2) is 0 Å². The second-order valence-electron chi connectivity index (χ2n) is 5.83. The van der Waals surface area contributed by atoms with E-state index in [1.807, 2.05) is 12.3 Å². The molecule has 0 saturated heterocycles. The zero-order valence-corrected chi connectivity index (χ0v) is 13.5. The van der Waals surface area contributed by atoms with Crippen LogP contribution in [0.15, 0.2) is 5.38 Å². The number of urea groups is 1. The molecular formula is C14H25N3O2S. The van der Waals surface area contributed by atoms with Crippen LogP contribution in [0.3, 0.4) is 0 Å². The molecule has 1 aromatic rings. The van der Waals surface area contributed by atoms with Crippen LogP contribution in [0.25, 0.3) is 0 Å². The molecule has 5 nitrogen and oxygen atoms in total. The maximum atomic E-state index is 11.6. The summed E-state index contributed by atoms with van der Waals surface area (Å²) in [7, 11) is 0. The first-order chi connectivity index (χ1) is 9.36. The van der Waals surface area contributed by atoms with Gasteiger partial charge in [0, 0.05) is 23.8 Å². The van der Waals surface area contributed by atoms with Crippen molar-refractivity contribution in [2.75, 3.05) is 13.2 Å². The highest BCUT2D eigenvalue weighted by molar-refractivity contribution is 7.09. The molecule has 0 spiro atoms. The Morgan fingerprint density at radius 2 is 2.20 bits per heavy atom. The van der Waals surface area contributed by atoms with E-state index in [4.69, 9.17) is 5.11 Å². The fraction of sp³-hybridized carbons (Fsp3) is 0.714. The number of nitrogens with one attached hydrogen (secondary N) is 2. The third-order valence-electron chi connectivity index (χ3n) is 2.91. The van der Waals surface area contributed by atoms with E-state index in [9.17, 15) is 4.79 Å². The molecule has 0 saturated carbocycles. The third-order valence-corrected chi connectivity index (χ3v) is 4.23. The van der Waals surface area contributed by atoms with Crippen molar-refractivity contribution in [2.24, 2.45) is 0 Å². The molecule has 3 N–H and O–H groups in total. The van der Waals surface area contributed by atoms with Gasteiger partial charge in [0.25, 0.3) is 0 Å². The van der Waals surface area contributed by atoms with Gasteiger partial charge in [-0.1, -0.05) is 27.7 Å². The predicted octanol–water partition coefficient (Wildman–Crippen LogP) is 2.05. The number of rotatable bonds is 6. The first kappa shape index (κ1) is 16.9. The number of aliphatic hydroxyl groups excluding tert-OH is 1. The minimum Gasteiger partial charge on any atom is -0.394 e. The lowest BCUT2D eigenvalue weighted by Crippen LogP contribution is -2.44. The van der Waals surface area contributed by atoms with Gasteiger partial charge in [-0.3, -0.25) is 0 Å². The van der Waals surface area contributed by atoms with Crippen molar-refractivity contribution in [1.82, 2.24) is 15.6 Å². The molecule has 1 heterocycles. The lowest BCUT2D eigenvalue weighted by atomic mass is 9.98. The van der Waals surface area contributed by atoms with Gasteiger partial charge in [0.1, 0.15) is 0 Å². The molecule has 1 atom stereocenters. The van der Waals surface area contributed by atoms with Gasteiger partial charge in [0.2, 0.25) is 0 Å². The topological polar surface area (TPSA) is 74.2 Å². The van der Waals surface area contributed by atoms with Crippen LogP contribution in [0.4, 0.5) is 4.79 Å². The smallest absolute Gasteiger partial charge is 0.315 e. The highest BCUT2D eigenvalue weighted by atomic mass is 32.1.